The maximum absolute atomic E-state index is 12.2. The fourth-order valence-electron chi connectivity index (χ4n) is 1.72. The molecule has 0 radical (unpaired) electrons. The number of carbonyl (C=O) groups excluding carboxylic acids is 1. The first-order chi connectivity index (χ1) is 8.54. The van der Waals surface area contributed by atoms with Crippen LogP contribution in [0.3, 0.4) is 0 Å². The minimum absolute atomic E-state index is 0.0970. The number of hydrogen-bond donors (Lipinski definition) is 1. The lowest BCUT2D eigenvalue weighted by Crippen LogP contribution is -2.34. The van der Waals surface area contributed by atoms with Crippen LogP contribution in [0.5, 0.6) is 0 Å². The lowest BCUT2D eigenvalue weighted by Gasteiger charge is -2.20. The summed E-state index contributed by atoms with van der Waals surface area (Å²) < 4.78 is 1.54. The number of carbonyl (C=O) groups is 1. The number of nitro groups is 1. The van der Waals surface area contributed by atoms with Gasteiger partial charge in [-0.25, -0.2) is 0 Å². The standard InChI is InChI=1S/C11H17N3O4/c1-3-12(5-6-15)11(16)10-7-9(14(17)18)8-13(10)4-2/h7-8,15H,3-6H2,1-2H3. The van der Waals surface area contributed by atoms with Crippen molar-refractivity contribution in [3.8, 4) is 0 Å². The molecule has 0 fully saturated rings. The van der Waals surface area contributed by atoms with Crippen LogP contribution in [0.2, 0.25) is 0 Å². The molecule has 1 rings (SSSR count). The molecule has 0 spiro atoms. The fourth-order valence-corrected chi connectivity index (χ4v) is 1.72. The van der Waals surface area contributed by atoms with E-state index in [-0.39, 0.29) is 30.4 Å². The molecule has 1 aromatic heterocycles. The zero-order valence-electron chi connectivity index (χ0n) is 10.5. The van der Waals surface area contributed by atoms with E-state index in [0.29, 0.717) is 13.1 Å². The van der Waals surface area contributed by atoms with Crippen molar-refractivity contribution in [1.29, 1.82) is 0 Å². The second-order valence-corrected chi connectivity index (χ2v) is 3.74. The molecule has 1 N–H and O–H groups in total. The predicted molar refractivity (Wildman–Crippen MR) is 65.4 cm³/mol. The number of aryl methyl sites for hydroxylation is 1. The summed E-state index contributed by atoms with van der Waals surface area (Å²) >= 11 is 0. The number of hydrogen-bond acceptors (Lipinski definition) is 4. The number of amides is 1. The Bertz CT molecular complexity index is 441. The average molecular weight is 255 g/mol. The number of likely N-dealkylation sites (N-methyl/N-ethyl adjacent to an activating group) is 1. The quantitative estimate of drug-likeness (QED) is 0.603. The Hall–Kier alpha value is -1.89. The third-order valence-corrected chi connectivity index (χ3v) is 2.69. The van der Waals surface area contributed by atoms with Crippen molar-refractivity contribution in [3.05, 3.63) is 28.1 Å². The molecule has 0 aliphatic carbocycles. The van der Waals surface area contributed by atoms with E-state index in [1.54, 1.807) is 11.5 Å². The Morgan fingerprint density at radius 3 is 2.67 bits per heavy atom. The molecule has 1 aromatic rings. The number of rotatable bonds is 6. The Morgan fingerprint density at radius 2 is 2.22 bits per heavy atom. The molecular formula is C11H17N3O4. The van der Waals surface area contributed by atoms with Gasteiger partial charge in [-0.2, -0.15) is 0 Å². The van der Waals surface area contributed by atoms with Crippen LogP contribution >= 0.6 is 0 Å². The highest BCUT2D eigenvalue weighted by Gasteiger charge is 2.22. The van der Waals surface area contributed by atoms with Crippen molar-refractivity contribution < 1.29 is 14.8 Å². The molecule has 1 amide bonds. The summed E-state index contributed by atoms with van der Waals surface area (Å²) in [6.07, 6.45) is 1.35. The molecule has 18 heavy (non-hydrogen) atoms. The van der Waals surface area contributed by atoms with E-state index in [9.17, 15) is 14.9 Å². The van der Waals surface area contributed by atoms with Crippen molar-refractivity contribution in [2.24, 2.45) is 0 Å². The molecule has 0 atom stereocenters. The van der Waals surface area contributed by atoms with Gasteiger partial charge in [0.15, 0.2) is 0 Å². The van der Waals surface area contributed by atoms with E-state index >= 15 is 0 Å². The molecule has 1 heterocycles. The van der Waals surface area contributed by atoms with Gasteiger partial charge in [0.25, 0.3) is 11.6 Å². The maximum atomic E-state index is 12.2. The molecule has 0 aliphatic rings. The van der Waals surface area contributed by atoms with Crippen molar-refractivity contribution in [2.75, 3.05) is 19.7 Å². The highest BCUT2D eigenvalue weighted by molar-refractivity contribution is 5.93. The molecular weight excluding hydrogens is 238 g/mol. The summed E-state index contributed by atoms with van der Waals surface area (Å²) in [4.78, 5) is 23.8. The van der Waals surface area contributed by atoms with Gasteiger partial charge in [0.2, 0.25) is 0 Å². The molecule has 0 aliphatic heterocycles. The highest BCUT2D eigenvalue weighted by Crippen LogP contribution is 2.18. The van der Waals surface area contributed by atoms with Gasteiger partial charge >= 0.3 is 0 Å². The summed E-state index contributed by atoms with van der Waals surface area (Å²) in [5.74, 6) is -0.304. The van der Waals surface area contributed by atoms with Gasteiger partial charge in [0.05, 0.1) is 17.7 Å². The highest BCUT2D eigenvalue weighted by atomic mass is 16.6. The van der Waals surface area contributed by atoms with Gasteiger partial charge in [0.1, 0.15) is 5.69 Å². The normalized spacial score (nSPS) is 10.4. The third-order valence-electron chi connectivity index (χ3n) is 2.69. The molecule has 100 valence electrons. The Morgan fingerprint density at radius 1 is 1.56 bits per heavy atom. The maximum Gasteiger partial charge on any atom is 0.287 e. The van der Waals surface area contributed by atoms with Crippen LogP contribution in [0.25, 0.3) is 0 Å². The molecule has 7 nitrogen and oxygen atoms in total. The Labute approximate surface area is 105 Å². The van der Waals surface area contributed by atoms with Gasteiger partial charge in [-0.05, 0) is 13.8 Å². The summed E-state index contributed by atoms with van der Waals surface area (Å²) in [5.41, 5.74) is 0.180. The Balaban J connectivity index is 3.06. The zero-order valence-corrected chi connectivity index (χ0v) is 10.5. The minimum atomic E-state index is -0.523. The number of aliphatic hydroxyl groups is 1. The molecule has 0 unspecified atom stereocenters. The summed E-state index contributed by atoms with van der Waals surface area (Å²) in [5, 5.41) is 19.6. The first-order valence-electron chi connectivity index (χ1n) is 5.79. The van der Waals surface area contributed by atoms with Gasteiger partial charge in [-0.3, -0.25) is 14.9 Å². The van der Waals surface area contributed by atoms with Crippen molar-refractivity contribution in [1.82, 2.24) is 9.47 Å². The topological polar surface area (TPSA) is 88.6 Å². The third kappa shape index (κ3) is 2.86. The SMILES string of the molecule is CCN(CCO)C(=O)c1cc([N+](=O)[O-])cn1CC. The van der Waals surface area contributed by atoms with Crippen LogP contribution in [0.1, 0.15) is 24.3 Å². The van der Waals surface area contributed by atoms with E-state index in [1.807, 2.05) is 6.92 Å². The van der Waals surface area contributed by atoms with Crippen LogP contribution < -0.4 is 0 Å². The van der Waals surface area contributed by atoms with E-state index in [0.717, 1.165) is 0 Å². The molecule has 0 bridgehead atoms. The number of aliphatic hydroxyl groups excluding tert-OH is 1. The van der Waals surface area contributed by atoms with Gasteiger partial charge in [0, 0.05) is 25.7 Å². The second-order valence-electron chi connectivity index (χ2n) is 3.74. The van der Waals surface area contributed by atoms with Crippen molar-refractivity contribution >= 4 is 11.6 Å². The van der Waals surface area contributed by atoms with Crippen molar-refractivity contribution in [3.63, 3.8) is 0 Å². The van der Waals surface area contributed by atoms with E-state index in [2.05, 4.69) is 0 Å². The van der Waals surface area contributed by atoms with E-state index in [1.165, 1.54) is 17.2 Å². The zero-order chi connectivity index (χ0) is 13.7. The van der Waals surface area contributed by atoms with Crippen LogP contribution in [0.4, 0.5) is 5.69 Å². The second kappa shape index (κ2) is 6.15. The summed E-state index contributed by atoms with van der Waals surface area (Å²) in [6.45, 7) is 4.62. The van der Waals surface area contributed by atoms with E-state index in [4.69, 9.17) is 5.11 Å². The smallest absolute Gasteiger partial charge is 0.287 e. The number of nitrogens with zero attached hydrogens (tertiary/aromatic N) is 3. The van der Waals surface area contributed by atoms with Crippen LogP contribution in [-0.2, 0) is 6.54 Å². The van der Waals surface area contributed by atoms with Gasteiger partial charge < -0.3 is 14.6 Å². The van der Waals surface area contributed by atoms with E-state index < -0.39 is 4.92 Å². The first kappa shape index (κ1) is 14.2. The van der Waals surface area contributed by atoms with Crippen LogP contribution in [0.15, 0.2) is 12.3 Å². The minimum Gasteiger partial charge on any atom is -0.395 e. The fraction of sp³-hybridized carbons (Fsp3) is 0.545. The molecule has 0 aromatic carbocycles. The lowest BCUT2D eigenvalue weighted by atomic mass is 10.3. The number of aromatic nitrogens is 1. The lowest BCUT2D eigenvalue weighted by molar-refractivity contribution is -0.384. The van der Waals surface area contributed by atoms with Gasteiger partial charge in [-0.15, -0.1) is 0 Å². The average Bonchev–Trinajstić information content (AvgIpc) is 2.79. The van der Waals surface area contributed by atoms with Crippen LogP contribution in [0, 0.1) is 10.1 Å². The largest absolute Gasteiger partial charge is 0.395 e. The first-order valence-corrected chi connectivity index (χ1v) is 5.79. The predicted octanol–water partition coefficient (Wildman–Crippen LogP) is 0.871. The van der Waals surface area contributed by atoms with Gasteiger partial charge in [-0.1, -0.05) is 0 Å². The Kier molecular flexibility index (Phi) is 4.85. The summed E-state index contributed by atoms with van der Waals surface area (Å²) in [7, 11) is 0. The molecule has 7 heteroatoms. The molecule has 0 saturated carbocycles. The van der Waals surface area contributed by atoms with Crippen molar-refractivity contribution in [2.45, 2.75) is 20.4 Å². The summed E-state index contributed by atoms with van der Waals surface area (Å²) in [6, 6.07) is 1.27. The monoisotopic (exact) mass is 255 g/mol. The molecule has 0 saturated heterocycles. The van der Waals surface area contributed by atoms with Crippen LogP contribution in [-0.4, -0.2) is 45.1 Å².